The van der Waals surface area contributed by atoms with Gasteiger partial charge >= 0.3 is 6.09 Å². The van der Waals surface area contributed by atoms with Crippen LogP contribution >= 0.6 is 0 Å². The van der Waals surface area contributed by atoms with Crippen molar-refractivity contribution in [1.29, 1.82) is 5.26 Å². The first-order valence-electron chi connectivity index (χ1n) is 11.5. The number of hydrogen-bond acceptors (Lipinski definition) is 7. The molecule has 11 nitrogen and oxygen atoms in total. The van der Waals surface area contributed by atoms with Crippen LogP contribution in [0, 0.1) is 18.3 Å². The average Bonchev–Trinajstić information content (AvgIpc) is 3.35. The van der Waals surface area contributed by atoms with Crippen molar-refractivity contribution in [2.24, 2.45) is 0 Å². The second kappa shape index (κ2) is 9.29. The summed E-state index contributed by atoms with van der Waals surface area (Å²) in [6, 6.07) is 6.95. The first-order chi connectivity index (χ1) is 16.6. The summed E-state index contributed by atoms with van der Waals surface area (Å²) in [5.41, 5.74) is 2.23. The summed E-state index contributed by atoms with van der Waals surface area (Å²) in [6.45, 7) is 10.3. The number of carbonyl (C=O) groups excluding carboxylic acids is 2. The molecule has 2 amide bonds. The van der Waals surface area contributed by atoms with Crippen LogP contribution in [0.2, 0.25) is 0 Å². The van der Waals surface area contributed by atoms with Crippen molar-refractivity contribution in [3.63, 3.8) is 0 Å². The van der Waals surface area contributed by atoms with Crippen molar-refractivity contribution in [3.8, 4) is 11.8 Å². The van der Waals surface area contributed by atoms with Gasteiger partial charge in [-0.25, -0.2) is 9.78 Å². The summed E-state index contributed by atoms with van der Waals surface area (Å²) in [5.74, 6) is 0.532. The molecule has 0 bridgehead atoms. The Bertz CT molecular complexity index is 1330. The van der Waals surface area contributed by atoms with E-state index in [0.717, 1.165) is 5.69 Å². The molecule has 35 heavy (non-hydrogen) atoms. The van der Waals surface area contributed by atoms with E-state index in [0.29, 0.717) is 53.5 Å². The molecule has 0 fully saturated rings. The number of ether oxygens (including phenoxy) is 2. The molecule has 0 radical (unpaired) electrons. The largest absolute Gasteiger partial charge is 0.489 e. The molecule has 1 atom stereocenters. The third kappa shape index (κ3) is 5.06. The van der Waals surface area contributed by atoms with Crippen molar-refractivity contribution < 1.29 is 19.1 Å². The van der Waals surface area contributed by atoms with Gasteiger partial charge in [-0.15, -0.1) is 0 Å². The van der Waals surface area contributed by atoms with Crippen LogP contribution in [0.15, 0.2) is 18.2 Å². The minimum Gasteiger partial charge on any atom is -0.489 e. The van der Waals surface area contributed by atoms with Crippen LogP contribution in [0.25, 0.3) is 11.0 Å². The fourth-order valence-corrected chi connectivity index (χ4v) is 4.08. The number of nitrogens with zero attached hydrogens (tertiary/aromatic N) is 5. The van der Waals surface area contributed by atoms with Gasteiger partial charge in [0.2, 0.25) is 5.95 Å². The molecular weight excluding hydrogens is 450 g/mol. The highest BCUT2D eigenvalue weighted by molar-refractivity contribution is 6.03. The molecule has 4 rings (SSSR count). The van der Waals surface area contributed by atoms with Crippen LogP contribution < -0.4 is 15.4 Å². The Kier molecular flexibility index (Phi) is 6.39. The van der Waals surface area contributed by atoms with E-state index in [1.54, 1.807) is 43.7 Å². The lowest BCUT2D eigenvalue weighted by atomic mass is 10.1. The highest BCUT2D eigenvalue weighted by Crippen LogP contribution is 2.38. The molecular formula is C24H29N7O4. The van der Waals surface area contributed by atoms with Gasteiger partial charge in [0.1, 0.15) is 29.2 Å². The zero-order valence-corrected chi connectivity index (χ0v) is 20.5. The Hall–Kier alpha value is -4.07. The van der Waals surface area contributed by atoms with E-state index in [-0.39, 0.29) is 18.6 Å². The number of hydrogen-bond donors (Lipinski definition) is 2. The smallest absolute Gasteiger partial charge is 0.407 e. The maximum absolute atomic E-state index is 13.1. The van der Waals surface area contributed by atoms with Gasteiger partial charge in [0, 0.05) is 19.2 Å². The van der Waals surface area contributed by atoms with E-state index in [1.165, 1.54) is 0 Å². The number of aryl methyl sites for hydroxylation is 2. The van der Waals surface area contributed by atoms with Gasteiger partial charge in [0.25, 0.3) is 5.91 Å². The summed E-state index contributed by atoms with van der Waals surface area (Å²) in [4.78, 5) is 29.8. The SMILES string of the molecule is CCn1nc(C)cc1C(=O)Nc1nc2cc(C#N)cc3c2n1[C@@H](CCNC(=O)OC(C)(C)C)CO3. The zero-order chi connectivity index (χ0) is 25.3. The van der Waals surface area contributed by atoms with Gasteiger partial charge in [0.05, 0.1) is 28.9 Å². The minimum atomic E-state index is -0.591. The molecule has 2 N–H and O–H groups in total. The van der Waals surface area contributed by atoms with Crippen LogP contribution in [0.1, 0.15) is 61.9 Å². The number of imidazole rings is 1. The van der Waals surface area contributed by atoms with Gasteiger partial charge in [-0.1, -0.05) is 0 Å². The van der Waals surface area contributed by atoms with Gasteiger partial charge in [0.15, 0.2) is 0 Å². The Morgan fingerprint density at radius 1 is 1.31 bits per heavy atom. The van der Waals surface area contributed by atoms with Crippen molar-refractivity contribution in [3.05, 3.63) is 35.2 Å². The predicted octanol–water partition coefficient (Wildman–Crippen LogP) is 3.53. The minimum absolute atomic E-state index is 0.219. The first kappa shape index (κ1) is 24.1. The number of carbonyl (C=O) groups is 2. The fourth-order valence-electron chi connectivity index (χ4n) is 4.08. The zero-order valence-electron chi connectivity index (χ0n) is 20.5. The maximum atomic E-state index is 13.1. The van der Waals surface area contributed by atoms with Crippen LogP contribution in [-0.2, 0) is 11.3 Å². The van der Waals surface area contributed by atoms with Gasteiger partial charge < -0.3 is 19.4 Å². The van der Waals surface area contributed by atoms with Crippen LogP contribution in [-0.4, -0.2) is 50.1 Å². The third-order valence-corrected chi connectivity index (χ3v) is 5.48. The van der Waals surface area contributed by atoms with E-state index >= 15 is 0 Å². The summed E-state index contributed by atoms with van der Waals surface area (Å²) in [5, 5.41) is 19.4. The monoisotopic (exact) mass is 479 g/mol. The fraction of sp³-hybridized carbons (Fsp3) is 0.458. The molecule has 11 heteroatoms. The molecule has 1 aliphatic heterocycles. The van der Waals surface area contributed by atoms with Gasteiger partial charge in [-0.05, 0) is 53.2 Å². The van der Waals surface area contributed by atoms with Crippen LogP contribution in [0.3, 0.4) is 0 Å². The number of amides is 2. The Morgan fingerprint density at radius 3 is 2.77 bits per heavy atom. The Morgan fingerprint density at radius 2 is 2.09 bits per heavy atom. The molecule has 3 aromatic rings. The number of alkyl carbamates (subject to hydrolysis) is 1. The number of benzene rings is 1. The second-order valence-electron chi connectivity index (χ2n) is 9.38. The highest BCUT2D eigenvalue weighted by atomic mass is 16.6. The Labute approximate surface area is 203 Å². The van der Waals surface area contributed by atoms with Gasteiger partial charge in [-0.2, -0.15) is 10.4 Å². The molecule has 0 saturated heterocycles. The highest BCUT2D eigenvalue weighted by Gasteiger charge is 2.29. The number of nitriles is 1. The molecule has 0 aliphatic carbocycles. The molecule has 1 aromatic carbocycles. The van der Waals surface area contributed by atoms with Crippen molar-refractivity contribution in [1.82, 2.24) is 24.6 Å². The standard InChI is InChI=1S/C24H29N7O4/c1-6-30-18(9-14(2)29-30)21(32)28-22-27-17-10-15(12-25)11-19-20(17)31(22)16(13-34-19)7-8-26-23(33)35-24(3,4)5/h9-11,16H,6-8,13H2,1-5H3,(H,26,33)(H,27,28,32)/t16-/m0/s1. The first-order valence-corrected chi connectivity index (χ1v) is 11.5. The Balaban J connectivity index is 1.63. The molecule has 3 heterocycles. The quantitative estimate of drug-likeness (QED) is 0.552. The van der Waals surface area contributed by atoms with E-state index in [4.69, 9.17) is 9.47 Å². The lowest BCUT2D eigenvalue weighted by Crippen LogP contribution is -2.35. The van der Waals surface area contributed by atoms with Crippen LogP contribution in [0.5, 0.6) is 5.75 Å². The van der Waals surface area contributed by atoms with Crippen molar-refractivity contribution in [2.75, 3.05) is 18.5 Å². The normalized spacial score (nSPS) is 14.8. The number of nitrogens with one attached hydrogen (secondary N) is 2. The molecule has 2 aromatic heterocycles. The van der Waals surface area contributed by atoms with E-state index in [1.807, 2.05) is 18.4 Å². The molecule has 0 spiro atoms. The second-order valence-corrected chi connectivity index (χ2v) is 9.38. The van der Waals surface area contributed by atoms with E-state index < -0.39 is 11.7 Å². The van der Waals surface area contributed by atoms with Crippen LogP contribution in [0.4, 0.5) is 10.7 Å². The molecule has 184 valence electrons. The average molecular weight is 480 g/mol. The van der Waals surface area contributed by atoms with Gasteiger partial charge in [-0.3, -0.25) is 14.8 Å². The lowest BCUT2D eigenvalue weighted by Gasteiger charge is -2.27. The topological polar surface area (TPSA) is 136 Å². The van der Waals surface area contributed by atoms with Crippen molar-refractivity contribution >= 4 is 29.0 Å². The summed E-state index contributed by atoms with van der Waals surface area (Å²) < 4.78 is 14.8. The number of aromatic nitrogens is 4. The summed E-state index contributed by atoms with van der Waals surface area (Å²) in [6.07, 6.45) is 0.0136. The maximum Gasteiger partial charge on any atom is 0.407 e. The summed E-state index contributed by atoms with van der Waals surface area (Å²) in [7, 11) is 0. The lowest BCUT2D eigenvalue weighted by molar-refractivity contribution is 0.0523. The van der Waals surface area contributed by atoms with E-state index in [9.17, 15) is 14.9 Å². The number of anilines is 1. The predicted molar refractivity (Wildman–Crippen MR) is 128 cm³/mol. The molecule has 0 saturated carbocycles. The molecule has 0 unspecified atom stereocenters. The molecule has 1 aliphatic rings. The number of rotatable bonds is 6. The van der Waals surface area contributed by atoms with Crippen molar-refractivity contribution in [2.45, 2.75) is 59.2 Å². The third-order valence-electron chi connectivity index (χ3n) is 5.48. The summed E-state index contributed by atoms with van der Waals surface area (Å²) >= 11 is 0. The van der Waals surface area contributed by atoms with E-state index in [2.05, 4.69) is 26.8 Å².